The molecule has 51 heavy (non-hydrogen) atoms. The predicted octanol–water partition coefficient (Wildman–Crippen LogP) is 7.73. The molecule has 3 heterocycles. The highest BCUT2D eigenvalue weighted by Gasteiger charge is 2.42. The van der Waals surface area contributed by atoms with E-state index < -0.39 is 31.7 Å². The number of aryl methyl sites for hydroxylation is 3. The van der Waals surface area contributed by atoms with Crippen molar-refractivity contribution < 1.29 is 27.9 Å². The first-order chi connectivity index (χ1) is 24.4. The minimum atomic E-state index is -3.57. The molecule has 268 valence electrons. The van der Waals surface area contributed by atoms with Gasteiger partial charge in [-0.25, -0.2) is 9.25 Å². The number of pyridine rings is 1. The second-order valence-electron chi connectivity index (χ2n) is 13.9. The summed E-state index contributed by atoms with van der Waals surface area (Å²) in [4.78, 5) is 20.8. The van der Waals surface area contributed by atoms with Crippen LogP contribution in [-0.2, 0) is 38.8 Å². The summed E-state index contributed by atoms with van der Waals surface area (Å²) >= 11 is 0. The molecule has 2 aromatic heterocycles. The van der Waals surface area contributed by atoms with Crippen LogP contribution in [0.15, 0.2) is 79.1 Å². The molecule has 3 aromatic carbocycles. The summed E-state index contributed by atoms with van der Waals surface area (Å²) in [5.41, 5.74) is 6.75. The van der Waals surface area contributed by atoms with Crippen molar-refractivity contribution in [1.29, 1.82) is 0 Å². The summed E-state index contributed by atoms with van der Waals surface area (Å²) in [5.74, 6) is 0.340. The highest BCUT2D eigenvalue weighted by Crippen LogP contribution is 2.47. The van der Waals surface area contributed by atoms with Gasteiger partial charge >= 0.3 is 13.6 Å². The summed E-state index contributed by atoms with van der Waals surface area (Å²) in [6, 6.07) is 21.1. The van der Waals surface area contributed by atoms with Crippen molar-refractivity contribution in [2.45, 2.75) is 66.2 Å². The molecule has 2 unspecified atom stereocenters. The Kier molecular flexibility index (Phi) is 10.6. The molecular weight excluding hydrogens is 665 g/mol. The van der Waals surface area contributed by atoms with Gasteiger partial charge in [0.1, 0.15) is 23.1 Å². The summed E-state index contributed by atoms with van der Waals surface area (Å²) < 4.78 is 37.9. The van der Waals surface area contributed by atoms with Crippen LogP contribution in [0.2, 0.25) is 0 Å². The first-order valence-corrected chi connectivity index (χ1v) is 19.2. The second kappa shape index (κ2) is 15.0. The minimum Gasteiger partial charge on any atom is -0.489 e. The third-order valence-electron chi connectivity index (χ3n) is 9.69. The van der Waals surface area contributed by atoms with E-state index in [0.29, 0.717) is 18.8 Å². The minimum absolute atomic E-state index is 0.0543. The number of hydrogen-bond donors (Lipinski definition) is 0. The Balaban J connectivity index is 1.31. The Bertz CT molecular complexity index is 2070. The third-order valence-corrected chi connectivity index (χ3v) is 10.8. The van der Waals surface area contributed by atoms with Crippen LogP contribution in [-0.4, -0.2) is 57.0 Å². The number of fused-ring (bicyclic) bond motifs is 2. The van der Waals surface area contributed by atoms with Crippen molar-refractivity contribution in [3.05, 3.63) is 113 Å². The zero-order valence-electron chi connectivity index (χ0n) is 30.3. The van der Waals surface area contributed by atoms with Crippen LogP contribution < -0.4 is 9.26 Å². The van der Waals surface area contributed by atoms with Gasteiger partial charge < -0.3 is 14.0 Å². The Morgan fingerprint density at radius 1 is 1.10 bits per heavy atom. The monoisotopic (exact) mass is 711 g/mol. The quantitative estimate of drug-likeness (QED) is 0.0723. The van der Waals surface area contributed by atoms with Crippen molar-refractivity contribution >= 4 is 24.6 Å². The molecule has 0 amide bonds. The molecule has 0 radical (unpaired) electrons. The van der Waals surface area contributed by atoms with Crippen molar-refractivity contribution in [3.8, 4) is 11.5 Å². The molecule has 1 aliphatic heterocycles. The topological polar surface area (TPSA) is 118 Å². The van der Waals surface area contributed by atoms with Crippen molar-refractivity contribution in [2.75, 3.05) is 20.0 Å². The van der Waals surface area contributed by atoms with E-state index in [0.717, 1.165) is 63.1 Å². The lowest BCUT2D eigenvalue weighted by molar-refractivity contribution is -0.161. The molecule has 11 nitrogen and oxygen atoms in total. The smallest absolute Gasteiger partial charge is 0.379 e. The van der Waals surface area contributed by atoms with Gasteiger partial charge in [0.25, 0.3) is 0 Å². The number of nitrogens with zero attached hydrogens (tertiary/aromatic N) is 5. The molecule has 3 atom stereocenters. The average molecular weight is 712 g/mol. The maximum atomic E-state index is 14.1. The van der Waals surface area contributed by atoms with Crippen LogP contribution in [0.25, 0.3) is 11.0 Å². The summed E-state index contributed by atoms with van der Waals surface area (Å²) in [6.07, 6.45) is 4.59. The molecular formula is C39H46N5O6P. The van der Waals surface area contributed by atoms with E-state index >= 15 is 0 Å². The van der Waals surface area contributed by atoms with Gasteiger partial charge in [-0.2, -0.15) is 0 Å². The fourth-order valence-electron chi connectivity index (χ4n) is 6.80. The Morgan fingerprint density at radius 2 is 1.88 bits per heavy atom. The number of esters is 1. The van der Waals surface area contributed by atoms with E-state index in [-0.39, 0.29) is 6.10 Å². The molecule has 6 rings (SSSR count). The fraction of sp³-hybridized carbons (Fsp3) is 0.385. The summed E-state index contributed by atoms with van der Waals surface area (Å²) in [6.45, 7) is 13.0. The number of carbonyl (C=O) groups excluding carboxylic acids is 1. The summed E-state index contributed by atoms with van der Waals surface area (Å²) in [5, 5.41) is 8.70. The Morgan fingerprint density at radius 3 is 2.65 bits per heavy atom. The SMILES string of the molecule is CCC1CN(Cc2cc([C@@H](c3ccc4c(nnn4C)c3C)C(C)(C)C(=O)OCOP(C)(=O)Oc3ccccc3)ccc2C)Cc2cnccc2O1. The van der Waals surface area contributed by atoms with Gasteiger partial charge in [-0.15, -0.1) is 5.10 Å². The molecule has 0 bridgehead atoms. The maximum absolute atomic E-state index is 14.1. The van der Waals surface area contributed by atoms with E-state index in [9.17, 15) is 9.36 Å². The first-order valence-electron chi connectivity index (χ1n) is 17.2. The number of aromatic nitrogens is 4. The molecule has 0 aliphatic carbocycles. The number of ether oxygens (including phenoxy) is 2. The third kappa shape index (κ3) is 8.01. The molecule has 12 heteroatoms. The molecule has 0 N–H and O–H groups in total. The molecule has 5 aromatic rings. The van der Waals surface area contributed by atoms with Crippen LogP contribution in [0.5, 0.6) is 11.5 Å². The van der Waals surface area contributed by atoms with Crippen molar-refractivity contribution in [2.24, 2.45) is 12.5 Å². The van der Waals surface area contributed by atoms with E-state index in [4.69, 9.17) is 18.5 Å². The van der Waals surface area contributed by atoms with Gasteiger partial charge in [0.2, 0.25) is 6.79 Å². The largest absolute Gasteiger partial charge is 0.489 e. The van der Waals surface area contributed by atoms with Gasteiger partial charge in [0.05, 0.1) is 17.6 Å². The summed E-state index contributed by atoms with van der Waals surface area (Å²) in [7, 11) is -1.71. The lowest BCUT2D eigenvalue weighted by Crippen LogP contribution is -2.35. The number of carbonyl (C=O) groups is 1. The highest BCUT2D eigenvalue weighted by molar-refractivity contribution is 7.53. The Labute approximate surface area is 299 Å². The molecule has 0 spiro atoms. The van der Waals surface area contributed by atoms with Crippen LogP contribution in [0.4, 0.5) is 0 Å². The van der Waals surface area contributed by atoms with E-state index in [2.05, 4.69) is 52.2 Å². The number of para-hydroxylation sites is 1. The number of rotatable bonds is 12. The van der Waals surface area contributed by atoms with Crippen LogP contribution >= 0.6 is 7.60 Å². The second-order valence-corrected chi connectivity index (χ2v) is 15.8. The Hall–Kier alpha value is -4.57. The molecule has 1 aliphatic rings. The lowest BCUT2D eigenvalue weighted by Gasteiger charge is -2.34. The first kappa shape index (κ1) is 36.2. The zero-order chi connectivity index (χ0) is 36.3. The number of benzene rings is 3. The van der Waals surface area contributed by atoms with Gasteiger partial charge in [0.15, 0.2) is 0 Å². The normalized spacial score (nSPS) is 16.8. The average Bonchev–Trinajstić information content (AvgIpc) is 3.38. The fourth-order valence-corrected chi connectivity index (χ4v) is 7.60. The van der Waals surface area contributed by atoms with Gasteiger partial charge in [-0.1, -0.05) is 54.6 Å². The zero-order valence-corrected chi connectivity index (χ0v) is 31.2. The number of hydrogen-bond acceptors (Lipinski definition) is 10. The van der Waals surface area contributed by atoms with Crippen LogP contribution in [0.1, 0.15) is 66.5 Å². The molecule has 0 saturated carbocycles. The predicted molar refractivity (Wildman–Crippen MR) is 196 cm³/mol. The van der Waals surface area contributed by atoms with Crippen molar-refractivity contribution in [1.82, 2.24) is 24.9 Å². The van der Waals surface area contributed by atoms with Gasteiger partial charge in [-0.05, 0) is 86.2 Å². The van der Waals surface area contributed by atoms with Gasteiger partial charge in [0, 0.05) is 50.6 Å². The van der Waals surface area contributed by atoms with E-state index in [1.165, 1.54) is 6.66 Å². The standard InChI is InChI=1S/C39H46N5O6P/c1-8-31-24-44(23-30-21-40-19-18-35(30)49-31)22-29-20-28(15-14-26(29)2)36(33-16-17-34-37(27(33)3)41-42-43(34)6)39(4,5)38(45)47-25-48-51(7,46)50-32-12-10-9-11-13-32/h9-21,31,36H,8,22-25H2,1-7H3/t31?,36-,51?/m0/s1. The van der Waals surface area contributed by atoms with E-state index in [1.807, 2.05) is 58.3 Å². The highest BCUT2D eigenvalue weighted by atomic mass is 31.2. The van der Waals surface area contributed by atoms with Crippen LogP contribution in [0, 0.1) is 19.3 Å². The lowest BCUT2D eigenvalue weighted by atomic mass is 9.69. The molecule has 0 saturated heterocycles. The van der Waals surface area contributed by atoms with Crippen LogP contribution in [0.3, 0.4) is 0 Å². The molecule has 0 fully saturated rings. The van der Waals surface area contributed by atoms with E-state index in [1.54, 1.807) is 35.1 Å². The van der Waals surface area contributed by atoms with Gasteiger partial charge in [-0.3, -0.25) is 19.2 Å². The van der Waals surface area contributed by atoms with Crippen molar-refractivity contribution in [3.63, 3.8) is 0 Å². The maximum Gasteiger partial charge on any atom is 0.379 e.